The van der Waals surface area contributed by atoms with Gasteiger partial charge in [0.25, 0.3) is 0 Å². The molecule has 2 rings (SSSR count). The smallest absolute Gasteiger partial charge is 0.225 e. The number of carbonyl (C=O) groups is 1. The highest BCUT2D eigenvalue weighted by Crippen LogP contribution is 2.23. The first-order chi connectivity index (χ1) is 8.15. The summed E-state index contributed by atoms with van der Waals surface area (Å²) in [6, 6.07) is 0.334. The third kappa shape index (κ3) is 3.68. The standard InChI is InChI=1S/C13H24N2O2/c1-9-5-11(8-17-9)13(16)15-7-10-3-2-4-12(14)6-10/h9-12H,2-8,14H2,1H3,(H,15,16). The molecule has 17 heavy (non-hydrogen) atoms. The summed E-state index contributed by atoms with van der Waals surface area (Å²) in [5.74, 6) is 0.790. The Hall–Kier alpha value is -0.610. The fourth-order valence-electron chi connectivity index (χ4n) is 2.91. The highest BCUT2D eigenvalue weighted by atomic mass is 16.5. The molecular weight excluding hydrogens is 216 g/mol. The molecule has 4 atom stereocenters. The van der Waals surface area contributed by atoms with Crippen molar-refractivity contribution in [3.05, 3.63) is 0 Å². The first-order valence-electron chi connectivity index (χ1n) is 6.80. The molecule has 0 radical (unpaired) electrons. The number of rotatable bonds is 3. The number of nitrogens with one attached hydrogen (secondary N) is 1. The number of amides is 1. The molecule has 2 fully saturated rings. The van der Waals surface area contributed by atoms with E-state index in [1.807, 2.05) is 6.92 Å². The molecule has 4 nitrogen and oxygen atoms in total. The van der Waals surface area contributed by atoms with Gasteiger partial charge in [0.2, 0.25) is 5.91 Å². The number of carbonyl (C=O) groups excluding carboxylic acids is 1. The lowest BCUT2D eigenvalue weighted by Crippen LogP contribution is -2.38. The first-order valence-corrected chi connectivity index (χ1v) is 6.80. The maximum Gasteiger partial charge on any atom is 0.225 e. The third-order valence-corrected chi connectivity index (χ3v) is 3.96. The van der Waals surface area contributed by atoms with Gasteiger partial charge < -0.3 is 15.8 Å². The van der Waals surface area contributed by atoms with Crippen molar-refractivity contribution in [1.29, 1.82) is 0 Å². The molecule has 1 saturated carbocycles. The molecule has 1 amide bonds. The highest BCUT2D eigenvalue weighted by molar-refractivity contribution is 5.79. The molecule has 4 unspecified atom stereocenters. The van der Waals surface area contributed by atoms with Gasteiger partial charge in [-0.3, -0.25) is 4.79 Å². The Labute approximate surface area is 103 Å². The summed E-state index contributed by atoms with van der Waals surface area (Å²) in [6.45, 7) is 3.39. The molecule has 0 aromatic carbocycles. The fraction of sp³-hybridized carbons (Fsp3) is 0.923. The van der Waals surface area contributed by atoms with Crippen LogP contribution in [-0.2, 0) is 9.53 Å². The van der Waals surface area contributed by atoms with Gasteiger partial charge in [0.1, 0.15) is 0 Å². The third-order valence-electron chi connectivity index (χ3n) is 3.96. The van der Waals surface area contributed by atoms with Gasteiger partial charge in [-0.2, -0.15) is 0 Å². The first kappa shape index (κ1) is 12.8. The number of ether oxygens (including phenoxy) is 1. The zero-order chi connectivity index (χ0) is 12.3. The van der Waals surface area contributed by atoms with Crippen molar-refractivity contribution >= 4 is 5.91 Å². The molecule has 3 N–H and O–H groups in total. The second kappa shape index (κ2) is 5.83. The second-order valence-electron chi connectivity index (χ2n) is 5.61. The maximum absolute atomic E-state index is 11.9. The second-order valence-corrected chi connectivity index (χ2v) is 5.61. The monoisotopic (exact) mass is 240 g/mol. The van der Waals surface area contributed by atoms with E-state index in [1.165, 1.54) is 12.8 Å². The van der Waals surface area contributed by atoms with Crippen LogP contribution in [0.15, 0.2) is 0 Å². The van der Waals surface area contributed by atoms with Crippen molar-refractivity contribution in [2.75, 3.05) is 13.2 Å². The van der Waals surface area contributed by atoms with E-state index in [4.69, 9.17) is 10.5 Å². The lowest BCUT2D eigenvalue weighted by atomic mass is 9.86. The molecule has 1 heterocycles. The van der Waals surface area contributed by atoms with Gasteiger partial charge in [0, 0.05) is 12.6 Å². The van der Waals surface area contributed by atoms with E-state index in [0.29, 0.717) is 18.6 Å². The van der Waals surface area contributed by atoms with Gasteiger partial charge in [-0.1, -0.05) is 6.42 Å². The van der Waals surface area contributed by atoms with Crippen molar-refractivity contribution < 1.29 is 9.53 Å². The van der Waals surface area contributed by atoms with E-state index in [0.717, 1.165) is 25.8 Å². The van der Waals surface area contributed by atoms with E-state index >= 15 is 0 Å². The van der Waals surface area contributed by atoms with Crippen molar-refractivity contribution in [2.24, 2.45) is 17.6 Å². The van der Waals surface area contributed by atoms with Crippen molar-refractivity contribution in [3.8, 4) is 0 Å². The predicted octanol–water partition coefficient (Wildman–Crippen LogP) is 1.05. The Balaban J connectivity index is 1.69. The van der Waals surface area contributed by atoms with E-state index < -0.39 is 0 Å². The molecule has 4 heteroatoms. The molecule has 2 aliphatic rings. The van der Waals surface area contributed by atoms with Gasteiger partial charge in [-0.25, -0.2) is 0 Å². The normalized spacial score (nSPS) is 38.0. The highest BCUT2D eigenvalue weighted by Gasteiger charge is 2.28. The summed E-state index contributed by atoms with van der Waals surface area (Å²) < 4.78 is 5.41. The Kier molecular flexibility index (Phi) is 4.40. The SMILES string of the molecule is CC1CC(C(=O)NCC2CCCC(N)C2)CO1. The van der Waals surface area contributed by atoms with Crippen molar-refractivity contribution in [3.63, 3.8) is 0 Å². The van der Waals surface area contributed by atoms with Crippen LogP contribution in [0.5, 0.6) is 0 Å². The molecule has 98 valence electrons. The molecule has 0 aromatic heterocycles. The van der Waals surface area contributed by atoms with Gasteiger partial charge in [0.05, 0.1) is 18.6 Å². The summed E-state index contributed by atoms with van der Waals surface area (Å²) in [4.78, 5) is 11.9. The largest absolute Gasteiger partial charge is 0.378 e. The van der Waals surface area contributed by atoms with Crippen LogP contribution in [0.3, 0.4) is 0 Å². The lowest BCUT2D eigenvalue weighted by molar-refractivity contribution is -0.125. The molecule has 0 spiro atoms. The Morgan fingerprint density at radius 3 is 2.88 bits per heavy atom. The maximum atomic E-state index is 11.9. The summed E-state index contributed by atoms with van der Waals surface area (Å²) in [5, 5.41) is 3.06. The minimum Gasteiger partial charge on any atom is -0.378 e. The molecule has 1 saturated heterocycles. The summed E-state index contributed by atoms with van der Waals surface area (Å²) in [6.07, 6.45) is 5.68. The predicted molar refractivity (Wildman–Crippen MR) is 66.5 cm³/mol. The number of nitrogens with two attached hydrogens (primary N) is 1. The van der Waals surface area contributed by atoms with Gasteiger partial charge >= 0.3 is 0 Å². The number of hydrogen-bond donors (Lipinski definition) is 2. The zero-order valence-electron chi connectivity index (χ0n) is 10.7. The van der Waals surface area contributed by atoms with Crippen LogP contribution in [-0.4, -0.2) is 31.2 Å². The molecule has 0 aromatic rings. The average Bonchev–Trinajstić information content (AvgIpc) is 2.73. The minimum atomic E-state index is 0.0577. The summed E-state index contributed by atoms with van der Waals surface area (Å²) in [7, 11) is 0. The summed E-state index contributed by atoms with van der Waals surface area (Å²) in [5.41, 5.74) is 5.94. The molecular formula is C13H24N2O2. The van der Waals surface area contributed by atoms with Gasteiger partial charge in [-0.15, -0.1) is 0 Å². The molecule has 1 aliphatic carbocycles. The van der Waals surface area contributed by atoms with E-state index in [2.05, 4.69) is 5.32 Å². The van der Waals surface area contributed by atoms with Gasteiger partial charge in [0.15, 0.2) is 0 Å². The number of hydrogen-bond acceptors (Lipinski definition) is 3. The lowest BCUT2D eigenvalue weighted by Gasteiger charge is -2.27. The topological polar surface area (TPSA) is 64.4 Å². The molecule has 1 aliphatic heterocycles. The van der Waals surface area contributed by atoms with Crippen LogP contribution >= 0.6 is 0 Å². The van der Waals surface area contributed by atoms with Crippen LogP contribution in [0.2, 0.25) is 0 Å². The minimum absolute atomic E-state index is 0.0577. The zero-order valence-corrected chi connectivity index (χ0v) is 10.7. The van der Waals surface area contributed by atoms with Gasteiger partial charge in [-0.05, 0) is 38.5 Å². The van der Waals surface area contributed by atoms with Crippen molar-refractivity contribution in [2.45, 2.75) is 51.2 Å². The average molecular weight is 240 g/mol. The Morgan fingerprint density at radius 2 is 2.24 bits per heavy atom. The van der Waals surface area contributed by atoms with Crippen LogP contribution < -0.4 is 11.1 Å². The van der Waals surface area contributed by atoms with Crippen LogP contribution in [0.1, 0.15) is 39.0 Å². The Bertz CT molecular complexity index is 270. The van der Waals surface area contributed by atoms with Crippen molar-refractivity contribution in [1.82, 2.24) is 5.32 Å². The molecule has 0 bridgehead atoms. The Morgan fingerprint density at radius 1 is 1.41 bits per heavy atom. The van der Waals surface area contributed by atoms with E-state index in [1.54, 1.807) is 0 Å². The van der Waals surface area contributed by atoms with Crippen LogP contribution in [0.25, 0.3) is 0 Å². The fourth-order valence-corrected chi connectivity index (χ4v) is 2.91. The van der Waals surface area contributed by atoms with E-state index in [-0.39, 0.29) is 17.9 Å². The van der Waals surface area contributed by atoms with Crippen LogP contribution in [0, 0.1) is 11.8 Å². The van der Waals surface area contributed by atoms with Crippen LogP contribution in [0.4, 0.5) is 0 Å². The quantitative estimate of drug-likeness (QED) is 0.775. The summed E-state index contributed by atoms with van der Waals surface area (Å²) >= 11 is 0. The van der Waals surface area contributed by atoms with E-state index in [9.17, 15) is 4.79 Å².